The van der Waals surface area contributed by atoms with Gasteiger partial charge in [-0.1, -0.05) is 36.4 Å². The maximum atomic E-state index is 12.4. The molecule has 0 radical (unpaired) electrons. The van der Waals surface area contributed by atoms with E-state index in [1.54, 1.807) is 16.8 Å². The highest BCUT2D eigenvalue weighted by molar-refractivity contribution is 5.89. The van der Waals surface area contributed by atoms with Gasteiger partial charge in [0, 0.05) is 17.6 Å². The monoisotopic (exact) mass is 272 g/mol. The van der Waals surface area contributed by atoms with Gasteiger partial charge >= 0.3 is 0 Å². The Hall–Kier alpha value is -2.94. The van der Waals surface area contributed by atoms with Crippen molar-refractivity contribution in [2.75, 3.05) is 0 Å². The summed E-state index contributed by atoms with van der Waals surface area (Å²) in [6.45, 7) is 0. The lowest BCUT2D eigenvalue weighted by molar-refractivity contribution is 1.05. The standard InChI is InChI=1S/C18H12N2O/c21-17-11-10-13-5-1-2-8-15(13)20(17)16-9-3-6-14-7-4-12-19-18(14)16/h1-12H. The molecule has 0 atom stereocenters. The molecule has 3 nitrogen and oxygen atoms in total. The van der Waals surface area contributed by atoms with Gasteiger partial charge in [-0.05, 0) is 29.7 Å². The number of hydrogen-bond acceptors (Lipinski definition) is 2. The summed E-state index contributed by atoms with van der Waals surface area (Å²) in [5.41, 5.74) is 2.49. The first-order valence-corrected chi connectivity index (χ1v) is 6.79. The van der Waals surface area contributed by atoms with E-state index in [9.17, 15) is 4.79 Å². The third-order valence-corrected chi connectivity index (χ3v) is 3.66. The molecule has 100 valence electrons. The van der Waals surface area contributed by atoms with E-state index >= 15 is 0 Å². The van der Waals surface area contributed by atoms with E-state index in [1.165, 1.54) is 0 Å². The zero-order valence-electron chi connectivity index (χ0n) is 11.2. The molecule has 0 unspecified atom stereocenters. The molecule has 3 heteroatoms. The van der Waals surface area contributed by atoms with Gasteiger partial charge in [-0.3, -0.25) is 14.3 Å². The van der Waals surface area contributed by atoms with E-state index in [2.05, 4.69) is 4.98 Å². The Kier molecular flexibility index (Phi) is 2.57. The molecular formula is C18H12N2O. The highest BCUT2D eigenvalue weighted by atomic mass is 16.1. The minimum Gasteiger partial charge on any atom is -0.275 e. The first kappa shape index (κ1) is 11.9. The largest absolute Gasteiger partial charge is 0.275 e. The third-order valence-electron chi connectivity index (χ3n) is 3.66. The first-order valence-electron chi connectivity index (χ1n) is 6.79. The van der Waals surface area contributed by atoms with Crippen molar-refractivity contribution >= 4 is 21.8 Å². The number of pyridine rings is 2. The van der Waals surface area contributed by atoms with Crippen molar-refractivity contribution in [1.82, 2.24) is 9.55 Å². The second-order valence-electron chi connectivity index (χ2n) is 4.92. The summed E-state index contributed by atoms with van der Waals surface area (Å²) in [6.07, 6.45) is 1.75. The number of hydrogen-bond donors (Lipinski definition) is 0. The molecule has 4 rings (SSSR count). The average Bonchev–Trinajstić information content (AvgIpc) is 2.54. The van der Waals surface area contributed by atoms with Gasteiger partial charge in [0.15, 0.2) is 0 Å². The van der Waals surface area contributed by atoms with E-state index in [0.29, 0.717) is 0 Å². The van der Waals surface area contributed by atoms with Gasteiger partial charge in [0.1, 0.15) is 0 Å². The van der Waals surface area contributed by atoms with Crippen LogP contribution in [-0.2, 0) is 0 Å². The molecule has 0 aliphatic heterocycles. The van der Waals surface area contributed by atoms with Crippen LogP contribution < -0.4 is 5.56 Å². The van der Waals surface area contributed by atoms with Crippen LogP contribution in [0.15, 0.2) is 77.7 Å². The summed E-state index contributed by atoms with van der Waals surface area (Å²) < 4.78 is 1.73. The summed E-state index contributed by atoms with van der Waals surface area (Å²) in [5.74, 6) is 0. The van der Waals surface area contributed by atoms with Crippen LogP contribution in [0.2, 0.25) is 0 Å². The second kappa shape index (κ2) is 4.56. The number of rotatable bonds is 1. The van der Waals surface area contributed by atoms with Crippen LogP contribution in [-0.4, -0.2) is 9.55 Å². The summed E-state index contributed by atoms with van der Waals surface area (Å²) in [5, 5.41) is 2.06. The first-order chi connectivity index (χ1) is 10.3. The minimum absolute atomic E-state index is 0.0492. The molecule has 0 spiro atoms. The molecule has 4 aromatic rings. The van der Waals surface area contributed by atoms with Crippen LogP contribution in [0, 0.1) is 0 Å². The van der Waals surface area contributed by atoms with Gasteiger partial charge in [-0.25, -0.2) is 0 Å². The van der Waals surface area contributed by atoms with E-state index < -0.39 is 0 Å². The molecule has 0 amide bonds. The number of aromatic nitrogens is 2. The molecule has 21 heavy (non-hydrogen) atoms. The van der Waals surface area contributed by atoms with Crippen molar-refractivity contribution in [3.63, 3.8) is 0 Å². The maximum absolute atomic E-state index is 12.4. The highest BCUT2D eigenvalue weighted by Crippen LogP contribution is 2.22. The second-order valence-corrected chi connectivity index (χ2v) is 4.92. The van der Waals surface area contributed by atoms with Crippen molar-refractivity contribution < 1.29 is 0 Å². The summed E-state index contributed by atoms with van der Waals surface area (Å²) in [4.78, 5) is 16.9. The van der Waals surface area contributed by atoms with Gasteiger partial charge in [0.05, 0.1) is 16.7 Å². The summed E-state index contributed by atoms with van der Waals surface area (Å²) in [6, 6.07) is 21.1. The number of fused-ring (bicyclic) bond motifs is 2. The minimum atomic E-state index is -0.0492. The molecule has 0 aliphatic rings. The van der Waals surface area contributed by atoms with E-state index in [4.69, 9.17) is 0 Å². The fourth-order valence-electron chi connectivity index (χ4n) is 2.70. The van der Waals surface area contributed by atoms with Crippen molar-refractivity contribution in [3.05, 3.63) is 83.3 Å². The van der Waals surface area contributed by atoms with Crippen molar-refractivity contribution in [2.24, 2.45) is 0 Å². The Balaban J connectivity index is 2.19. The number of benzene rings is 2. The molecule has 0 bridgehead atoms. The molecule has 0 fully saturated rings. The van der Waals surface area contributed by atoms with Crippen LogP contribution in [0.1, 0.15) is 0 Å². The van der Waals surface area contributed by atoms with Crippen molar-refractivity contribution in [2.45, 2.75) is 0 Å². The van der Waals surface area contributed by atoms with Crippen molar-refractivity contribution in [3.8, 4) is 5.69 Å². The van der Waals surface area contributed by atoms with Crippen molar-refractivity contribution in [1.29, 1.82) is 0 Å². The van der Waals surface area contributed by atoms with E-state index in [1.807, 2.05) is 60.7 Å². The van der Waals surface area contributed by atoms with Gasteiger partial charge in [-0.2, -0.15) is 0 Å². The number of para-hydroxylation sites is 2. The fraction of sp³-hybridized carbons (Fsp3) is 0. The zero-order valence-corrected chi connectivity index (χ0v) is 11.2. The van der Waals surface area contributed by atoms with Crippen LogP contribution in [0.5, 0.6) is 0 Å². The highest BCUT2D eigenvalue weighted by Gasteiger charge is 2.08. The van der Waals surface area contributed by atoms with E-state index in [0.717, 1.165) is 27.5 Å². The molecule has 0 saturated heterocycles. The molecule has 0 aliphatic carbocycles. The van der Waals surface area contributed by atoms with Gasteiger partial charge in [0.25, 0.3) is 5.56 Å². The Morgan fingerprint density at radius 2 is 1.57 bits per heavy atom. The quantitative estimate of drug-likeness (QED) is 0.531. The SMILES string of the molecule is O=c1ccc2ccccc2n1-c1cccc2cccnc12. The van der Waals surface area contributed by atoms with Gasteiger partial charge < -0.3 is 0 Å². The maximum Gasteiger partial charge on any atom is 0.255 e. The summed E-state index contributed by atoms with van der Waals surface area (Å²) in [7, 11) is 0. The molecular weight excluding hydrogens is 260 g/mol. The fourth-order valence-corrected chi connectivity index (χ4v) is 2.70. The average molecular weight is 272 g/mol. The Bertz CT molecular complexity index is 1010. The lowest BCUT2D eigenvalue weighted by Gasteiger charge is -2.12. The molecule has 2 aromatic heterocycles. The Labute approximate surface area is 121 Å². The third kappa shape index (κ3) is 1.82. The molecule has 2 heterocycles. The van der Waals surface area contributed by atoms with Gasteiger partial charge in [0.2, 0.25) is 0 Å². The van der Waals surface area contributed by atoms with Crippen LogP contribution >= 0.6 is 0 Å². The van der Waals surface area contributed by atoms with Gasteiger partial charge in [-0.15, -0.1) is 0 Å². The number of nitrogens with zero attached hydrogens (tertiary/aromatic N) is 2. The lowest BCUT2D eigenvalue weighted by atomic mass is 10.1. The lowest BCUT2D eigenvalue weighted by Crippen LogP contribution is -2.17. The summed E-state index contributed by atoms with van der Waals surface area (Å²) >= 11 is 0. The zero-order chi connectivity index (χ0) is 14.2. The van der Waals surface area contributed by atoms with Crippen LogP contribution in [0.3, 0.4) is 0 Å². The predicted octanol–water partition coefficient (Wildman–Crippen LogP) is 3.54. The van der Waals surface area contributed by atoms with E-state index in [-0.39, 0.29) is 5.56 Å². The normalized spacial score (nSPS) is 11.0. The predicted molar refractivity (Wildman–Crippen MR) is 84.8 cm³/mol. The molecule has 0 saturated carbocycles. The van der Waals surface area contributed by atoms with Crippen LogP contribution in [0.25, 0.3) is 27.5 Å². The smallest absolute Gasteiger partial charge is 0.255 e. The Morgan fingerprint density at radius 3 is 2.52 bits per heavy atom. The molecule has 0 N–H and O–H groups in total. The van der Waals surface area contributed by atoms with Crippen LogP contribution in [0.4, 0.5) is 0 Å². The Morgan fingerprint density at radius 1 is 0.762 bits per heavy atom. The molecule has 2 aromatic carbocycles. The topological polar surface area (TPSA) is 34.9 Å².